The zero-order valence-electron chi connectivity index (χ0n) is 13.4. The average molecular weight is 272 g/mol. The van der Waals surface area contributed by atoms with E-state index in [0.29, 0.717) is 5.54 Å². The van der Waals surface area contributed by atoms with Crippen molar-refractivity contribution in [3.05, 3.63) is 29.3 Å². The number of nitrogens with zero attached hydrogens (tertiary/aromatic N) is 1. The van der Waals surface area contributed by atoms with E-state index in [4.69, 9.17) is 0 Å². The van der Waals surface area contributed by atoms with Gasteiger partial charge >= 0.3 is 0 Å². The lowest BCUT2D eigenvalue weighted by Gasteiger charge is -2.51. The molecule has 20 heavy (non-hydrogen) atoms. The zero-order chi connectivity index (χ0) is 14.4. The van der Waals surface area contributed by atoms with Crippen molar-refractivity contribution in [3.8, 4) is 0 Å². The van der Waals surface area contributed by atoms with Crippen LogP contribution in [0.15, 0.2) is 18.2 Å². The van der Waals surface area contributed by atoms with Gasteiger partial charge in [0, 0.05) is 29.9 Å². The Hall–Kier alpha value is -1.02. The molecule has 1 saturated carbocycles. The van der Waals surface area contributed by atoms with Gasteiger partial charge in [0.15, 0.2) is 0 Å². The average Bonchev–Trinajstić information content (AvgIpc) is 2.77. The Labute approximate surface area is 123 Å². The molecule has 3 rings (SSSR count). The minimum atomic E-state index is 0.193. The van der Waals surface area contributed by atoms with Crippen molar-refractivity contribution in [2.45, 2.75) is 64.5 Å². The highest BCUT2D eigenvalue weighted by molar-refractivity contribution is 5.56. The number of anilines is 1. The van der Waals surface area contributed by atoms with E-state index in [1.807, 2.05) is 0 Å². The standard InChI is InChI=1S/C18H28N2/c1-14-7-8-15(2)16(11-14)20-12-17(3,4)19-18(13-20)9-5-6-10-18/h7-8,11,19H,5-6,9-10,12-13H2,1-4H3. The van der Waals surface area contributed by atoms with Gasteiger partial charge < -0.3 is 10.2 Å². The van der Waals surface area contributed by atoms with Gasteiger partial charge in [0.05, 0.1) is 0 Å². The van der Waals surface area contributed by atoms with Gasteiger partial charge in [0.1, 0.15) is 0 Å². The lowest BCUT2D eigenvalue weighted by atomic mass is 9.86. The Kier molecular flexibility index (Phi) is 3.32. The Morgan fingerprint density at radius 1 is 1.05 bits per heavy atom. The van der Waals surface area contributed by atoms with Gasteiger partial charge in [0.25, 0.3) is 0 Å². The fourth-order valence-electron chi connectivity index (χ4n) is 4.26. The summed E-state index contributed by atoms with van der Waals surface area (Å²) in [6.45, 7) is 11.4. The first-order chi connectivity index (χ1) is 9.39. The van der Waals surface area contributed by atoms with E-state index in [1.165, 1.54) is 49.0 Å². The van der Waals surface area contributed by atoms with E-state index in [9.17, 15) is 0 Å². The Balaban J connectivity index is 1.94. The third-order valence-electron chi connectivity index (χ3n) is 4.95. The molecule has 0 radical (unpaired) electrons. The largest absolute Gasteiger partial charge is 0.368 e. The van der Waals surface area contributed by atoms with Crippen molar-refractivity contribution < 1.29 is 0 Å². The fourth-order valence-corrected chi connectivity index (χ4v) is 4.26. The second-order valence-electron chi connectivity index (χ2n) is 7.64. The van der Waals surface area contributed by atoms with Crippen LogP contribution in [0.4, 0.5) is 5.69 Å². The summed E-state index contributed by atoms with van der Waals surface area (Å²) < 4.78 is 0. The maximum atomic E-state index is 3.96. The quantitative estimate of drug-likeness (QED) is 0.836. The minimum absolute atomic E-state index is 0.193. The number of hydrogen-bond donors (Lipinski definition) is 1. The number of piperazine rings is 1. The third kappa shape index (κ3) is 2.58. The first kappa shape index (κ1) is 13.9. The molecule has 2 fully saturated rings. The van der Waals surface area contributed by atoms with Gasteiger partial charge in [-0.15, -0.1) is 0 Å². The molecule has 1 aliphatic carbocycles. The van der Waals surface area contributed by atoms with Crippen LogP contribution < -0.4 is 10.2 Å². The first-order valence-corrected chi connectivity index (χ1v) is 8.01. The van der Waals surface area contributed by atoms with E-state index in [2.05, 4.69) is 56.1 Å². The van der Waals surface area contributed by atoms with E-state index >= 15 is 0 Å². The summed E-state index contributed by atoms with van der Waals surface area (Å²) in [5.74, 6) is 0. The molecule has 1 aromatic rings. The van der Waals surface area contributed by atoms with Crippen molar-refractivity contribution in [1.82, 2.24) is 5.32 Å². The van der Waals surface area contributed by atoms with Crippen molar-refractivity contribution >= 4 is 5.69 Å². The molecule has 1 aromatic carbocycles. The highest BCUT2D eigenvalue weighted by Crippen LogP contribution is 2.38. The molecule has 0 atom stereocenters. The monoisotopic (exact) mass is 272 g/mol. The lowest BCUT2D eigenvalue weighted by Crippen LogP contribution is -2.68. The smallest absolute Gasteiger partial charge is 0.0399 e. The fraction of sp³-hybridized carbons (Fsp3) is 0.667. The van der Waals surface area contributed by atoms with E-state index in [-0.39, 0.29) is 5.54 Å². The maximum absolute atomic E-state index is 3.96. The van der Waals surface area contributed by atoms with E-state index in [1.54, 1.807) is 0 Å². The van der Waals surface area contributed by atoms with Crippen LogP contribution in [-0.2, 0) is 0 Å². The minimum Gasteiger partial charge on any atom is -0.368 e. The van der Waals surface area contributed by atoms with Crippen LogP contribution >= 0.6 is 0 Å². The van der Waals surface area contributed by atoms with Crippen LogP contribution in [0.25, 0.3) is 0 Å². The summed E-state index contributed by atoms with van der Waals surface area (Å²) in [5.41, 5.74) is 4.74. The Morgan fingerprint density at radius 3 is 2.45 bits per heavy atom. The topological polar surface area (TPSA) is 15.3 Å². The molecular formula is C18H28N2. The highest BCUT2D eigenvalue weighted by Gasteiger charge is 2.44. The molecule has 0 bridgehead atoms. The molecule has 1 spiro atoms. The van der Waals surface area contributed by atoms with Gasteiger partial charge in [-0.1, -0.05) is 25.0 Å². The molecule has 0 amide bonds. The third-order valence-corrected chi connectivity index (χ3v) is 4.95. The predicted octanol–water partition coefficient (Wildman–Crippen LogP) is 3.80. The van der Waals surface area contributed by atoms with Gasteiger partial charge in [-0.05, 0) is 57.7 Å². The molecule has 1 saturated heterocycles. The first-order valence-electron chi connectivity index (χ1n) is 8.01. The Bertz CT molecular complexity index is 498. The van der Waals surface area contributed by atoms with Crippen LogP contribution in [0, 0.1) is 13.8 Å². The SMILES string of the molecule is Cc1ccc(C)c(N2CC(C)(C)NC3(CCCC3)C2)c1. The van der Waals surface area contributed by atoms with E-state index < -0.39 is 0 Å². The molecule has 2 aliphatic rings. The highest BCUT2D eigenvalue weighted by atomic mass is 15.3. The van der Waals surface area contributed by atoms with Crippen LogP contribution in [0.5, 0.6) is 0 Å². The van der Waals surface area contributed by atoms with Crippen LogP contribution in [0.2, 0.25) is 0 Å². The van der Waals surface area contributed by atoms with Crippen molar-refractivity contribution in [2.75, 3.05) is 18.0 Å². The van der Waals surface area contributed by atoms with Gasteiger partial charge in [-0.2, -0.15) is 0 Å². The second kappa shape index (κ2) is 4.77. The summed E-state index contributed by atoms with van der Waals surface area (Å²) in [7, 11) is 0. The van der Waals surface area contributed by atoms with Crippen LogP contribution in [0.3, 0.4) is 0 Å². The number of rotatable bonds is 1. The molecule has 1 heterocycles. The van der Waals surface area contributed by atoms with E-state index in [0.717, 1.165) is 6.54 Å². The molecule has 2 heteroatoms. The summed E-state index contributed by atoms with van der Waals surface area (Å²) in [6.07, 6.45) is 5.42. The lowest BCUT2D eigenvalue weighted by molar-refractivity contribution is 0.197. The number of benzene rings is 1. The summed E-state index contributed by atoms with van der Waals surface area (Å²) in [4.78, 5) is 2.63. The summed E-state index contributed by atoms with van der Waals surface area (Å²) in [5, 5.41) is 3.96. The molecule has 0 aromatic heterocycles. The van der Waals surface area contributed by atoms with Crippen molar-refractivity contribution in [1.29, 1.82) is 0 Å². The molecule has 110 valence electrons. The zero-order valence-corrected chi connectivity index (χ0v) is 13.4. The second-order valence-corrected chi connectivity index (χ2v) is 7.64. The molecule has 0 unspecified atom stereocenters. The van der Waals surface area contributed by atoms with Gasteiger partial charge in [-0.25, -0.2) is 0 Å². The summed E-state index contributed by atoms with van der Waals surface area (Å²) in [6, 6.07) is 6.85. The van der Waals surface area contributed by atoms with Crippen molar-refractivity contribution in [3.63, 3.8) is 0 Å². The maximum Gasteiger partial charge on any atom is 0.0399 e. The van der Waals surface area contributed by atoms with Crippen LogP contribution in [0.1, 0.15) is 50.7 Å². The van der Waals surface area contributed by atoms with Crippen LogP contribution in [-0.4, -0.2) is 24.2 Å². The molecule has 1 aliphatic heterocycles. The number of nitrogens with one attached hydrogen (secondary N) is 1. The van der Waals surface area contributed by atoms with Gasteiger partial charge in [0.2, 0.25) is 0 Å². The number of aryl methyl sites for hydroxylation is 2. The van der Waals surface area contributed by atoms with Crippen molar-refractivity contribution in [2.24, 2.45) is 0 Å². The predicted molar refractivity (Wildman–Crippen MR) is 86.5 cm³/mol. The van der Waals surface area contributed by atoms with Gasteiger partial charge in [-0.3, -0.25) is 0 Å². The number of hydrogen-bond acceptors (Lipinski definition) is 2. The normalized spacial score (nSPS) is 24.3. The molecule has 2 nitrogen and oxygen atoms in total. The Morgan fingerprint density at radius 2 is 1.75 bits per heavy atom. The summed E-state index contributed by atoms with van der Waals surface area (Å²) >= 11 is 0. The molecular weight excluding hydrogens is 244 g/mol. The molecule has 1 N–H and O–H groups in total.